The topological polar surface area (TPSA) is 54.5 Å². The average molecular weight is 464 g/mol. The lowest BCUT2D eigenvalue weighted by Crippen LogP contribution is -2.45. The number of aromatic nitrogens is 1. The number of thioether (sulfide) groups is 1. The van der Waals surface area contributed by atoms with Gasteiger partial charge >= 0.3 is 0 Å². The maximum absolute atomic E-state index is 12.1. The van der Waals surface area contributed by atoms with E-state index in [0.29, 0.717) is 13.0 Å². The van der Waals surface area contributed by atoms with Crippen LogP contribution in [0.4, 0.5) is 5.82 Å². The number of benzene rings is 1. The van der Waals surface area contributed by atoms with E-state index in [1.807, 2.05) is 30.5 Å². The Hall–Kier alpha value is -1.57. The third-order valence-corrected chi connectivity index (χ3v) is 6.00. The second-order valence-corrected chi connectivity index (χ2v) is 9.10. The van der Waals surface area contributed by atoms with E-state index in [2.05, 4.69) is 57.1 Å². The van der Waals surface area contributed by atoms with Crippen molar-refractivity contribution in [3.63, 3.8) is 0 Å². The second-order valence-electron chi connectivity index (χ2n) is 7.02. The molecule has 0 bridgehead atoms. The zero-order valence-corrected chi connectivity index (χ0v) is 18.6. The van der Waals surface area contributed by atoms with E-state index in [4.69, 9.17) is 4.74 Å². The minimum atomic E-state index is 0.0597. The highest BCUT2D eigenvalue weighted by Gasteiger charge is 2.22. The van der Waals surface area contributed by atoms with Gasteiger partial charge in [0.15, 0.2) is 0 Å². The number of hydrogen-bond acceptors (Lipinski definition) is 5. The number of pyridine rings is 1. The molecular weight excluding hydrogens is 438 g/mol. The minimum absolute atomic E-state index is 0.0597. The standard InChI is InChI=1S/C21H26BrN3O2S/c1-15-13-25(14-16(2)27-15)20-8-3-17(11-23-20)12-24-21(26)9-10-28-19-6-4-18(22)5-7-19/h3-8,11,15-16H,9-10,12-14H2,1-2H3,(H,24,26). The normalized spacial score (nSPS) is 19.5. The van der Waals surface area contributed by atoms with Gasteiger partial charge in [-0.2, -0.15) is 0 Å². The Balaban J connectivity index is 1.40. The van der Waals surface area contributed by atoms with Gasteiger partial charge in [0.2, 0.25) is 5.91 Å². The maximum Gasteiger partial charge on any atom is 0.221 e. The lowest BCUT2D eigenvalue weighted by Gasteiger charge is -2.36. The molecule has 0 saturated carbocycles. The summed E-state index contributed by atoms with van der Waals surface area (Å²) in [6.07, 6.45) is 2.76. The van der Waals surface area contributed by atoms with Crippen LogP contribution in [0, 0.1) is 0 Å². The number of nitrogens with zero attached hydrogens (tertiary/aromatic N) is 2. The largest absolute Gasteiger partial charge is 0.372 e. The van der Waals surface area contributed by atoms with E-state index in [0.717, 1.165) is 34.7 Å². The zero-order chi connectivity index (χ0) is 19.9. The van der Waals surface area contributed by atoms with Crippen molar-refractivity contribution in [3.8, 4) is 0 Å². The van der Waals surface area contributed by atoms with Crippen LogP contribution in [0.1, 0.15) is 25.8 Å². The summed E-state index contributed by atoms with van der Waals surface area (Å²) in [5, 5.41) is 2.97. The summed E-state index contributed by atoms with van der Waals surface area (Å²) in [5.41, 5.74) is 1.01. The van der Waals surface area contributed by atoms with Crippen LogP contribution in [-0.4, -0.2) is 41.9 Å². The van der Waals surface area contributed by atoms with Crippen LogP contribution in [0.3, 0.4) is 0 Å². The quantitative estimate of drug-likeness (QED) is 0.621. The van der Waals surface area contributed by atoms with Gasteiger partial charge in [-0.25, -0.2) is 4.98 Å². The van der Waals surface area contributed by atoms with E-state index >= 15 is 0 Å². The third-order valence-electron chi connectivity index (χ3n) is 4.45. The number of carbonyl (C=O) groups is 1. The van der Waals surface area contributed by atoms with E-state index in [9.17, 15) is 4.79 Å². The molecule has 3 rings (SSSR count). The van der Waals surface area contributed by atoms with Crippen molar-refractivity contribution in [2.45, 2.75) is 43.9 Å². The molecular formula is C21H26BrN3O2S. The number of ether oxygens (including phenoxy) is 1. The van der Waals surface area contributed by atoms with Gasteiger partial charge in [-0.15, -0.1) is 11.8 Å². The first-order valence-corrected chi connectivity index (χ1v) is 11.3. The van der Waals surface area contributed by atoms with Gasteiger partial charge in [0, 0.05) is 47.4 Å². The Morgan fingerprint density at radius 2 is 1.93 bits per heavy atom. The predicted molar refractivity (Wildman–Crippen MR) is 118 cm³/mol. The minimum Gasteiger partial charge on any atom is -0.372 e. The van der Waals surface area contributed by atoms with Gasteiger partial charge < -0.3 is 15.0 Å². The molecule has 1 aromatic heterocycles. The van der Waals surface area contributed by atoms with Crippen LogP contribution >= 0.6 is 27.7 Å². The molecule has 2 aromatic rings. The van der Waals surface area contributed by atoms with Gasteiger partial charge in [0.1, 0.15) is 5.82 Å². The summed E-state index contributed by atoms with van der Waals surface area (Å²) in [5.74, 6) is 1.78. The summed E-state index contributed by atoms with van der Waals surface area (Å²) in [7, 11) is 0. The Bertz CT molecular complexity index is 760. The molecule has 28 heavy (non-hydrogen) atoms. The number of morpholine rings is 1. The number of carbonyl (C=O) groups excluding carboxylic acids is 1. The highest BCUT2D eigenvalue weighted by molar-refractivity contribution is 9.10. The summed E-state index contributed by atoms with van der Waals surface area (Å²) in [6, 6.07) is 12.2. The van der Waals surface area contributed by atoms with Crippen molar-refractivity contribution >= 4 is 39.4 Å². The first-order valence-electron chi connectivity index (χ1n) is 9.50. The van der Waals surface area contributed by atoms with Gasteiger partial charge in [-0.1, -0.05) is 22.0 Å². The molecule has 150 valence electrons. The monoisotopic (exact) mass is 463 g/mol. The molecule has 1 aliphatic heterocycles. The smallest absolute Gasteiger partial charge is 0.221 e. The molecule has 1 saturated heterocycles. The molecule has 0 aliphatic carbocycles. The highest BCUT2D eigenvalue weighted by atomic mass is 79.9. The van der Waals surface area contributed by atoms with E-state index < -0.39 is 0 Å². The second kappa shape index (κ2) is 10.3. The maximum atomic E-state index is 12.1. The Kier molecular flexibility index (Phi) is 7.76. The van der Waals surface area contributed by atoms with Crippen LogP contribution < -0.4 is 10.2 Å². The van der Waals surface area contributed by atoms with Crippen LogP contribution in [0.2, 0.25) is 0 Å². The van der Waals surface area contributed by atoms with Crippen molar-refractivity contribution in [2.75, 3.05) is 23.7 Å². The van der Waals surface area contributed by atoms with E-state index in [1.54, 1.807) is 11.8 Å². The number of nitrogens with one attached hydrogen (secondary N) is 1. The van der Waals surface area contributed by atoms with Crippen molar-refractivity contribution < 1.29 is 9.53 Å². The molecule has 0 spiro atoms. The lowest BCUT2D eigenvalue weighted by atomic mass is 10.2. The summed E-state index contributed by atoms with van der Waals surface area (Å²) >= 11 is 5.11. The number of hydrogen-bond donors (Lipinski definition) is 1. The van der Waals surface area contributed by atoms with Crippen molar-refractivity contribution in [1.29, 1.82) is 0 Å². The van der Waals surface area contributed by atoms with E-state index in [1.165, 1.54) is 4.90 Å². The molecule has 2 atom stereocenters. The van der Waals surface area contributed by atoms with Crippen LogP contribution in [0.15, 0.2) is 52.0 Å². The van der Waals surface area contributed by atoms with Gasteiger partial charge in [0.25, 0.3) is 0 Å². The van der Waals surface area contributed by atoms with E-state index in [-0.39, 0.29) is 18.1 Å². The fourth-order valence-corrected chi connectivity index (χ4v) is 4.27. The lowest BCUT2D eigenvalue weighted by molar-refractivity contribution is -0.120. The number of amides is 1. The first-order chi connectivity index (χ1) is 13.5. The summed E-state index contributed by atoms with van der Waals surface area (Å²) in [6.45, 7) is 6.38. The SMILES string of the molecule is CC1CN(c2ccc(CNC(=O)CCSc3ccc(Br)cc3)cn2)CC(C)O1. The van der Waals surface area contributed by atoms with Gasteiger partial charge in [-0.3, -0.25) is 4.79 Å². The Labute approximate surface area is 179 Å². The fraction of sp³-hybridized carbons (Fsp3) is 0.429. The first kappa shape index (κ1) is 21.1. The molecule has 2 heterocycles. The van der Waals surface area contributed by atoms with Crippen LogP contribution in [-0.2, 0) is 16.1 Å². The zero-order valence-electron chi connectivity index (χ0n) is 16.2. The van der Waals surface area contributed by atoms with Crippen LogP contribution in [0.5, 0.6) is 0 Å². The molecule has 1 amide bonds. The highest BCUT2D eigenvalue weighted by Crippen LogP contribution is 2.21. The summed E-state index contributed by atoms with van der Waals surface area (Å²) < 4.78 is 6.83. The third kappa shape index (κ3) is 6.50. The molecule has 1 aliphatic rings. The van der Waals surface area contributed by atoms with Gasteiger partial charge in [0.05, 0.1) is 12.2 Å². The van der Waals surface area contributed by atoms with Crippen molar-refractivity contribution in [2.24, 2.45) is 0 Å². The Morgan fingerprint density at radius 3 is 2.57 bits per heavy atom. The number of anilines is 1. The number of halogens is 1. The van der Waals surface area contributed by atoms with Gasteiger partial charge in [-0.05, 0) is 49.7 Å². The molecule has 1 fully saturated rings. The van der Waals surface area contributed by atoms with Crippen molar-refractivity contribution in [1.82, 2.24) is 10.3 Å². The molecule has 2 unspecified atom stereocenters. The molecule has 1 N–H and O–H groups in total. The molecule has 1 aromatic carbocycles. The van der Waals surface area contributed by atoms with Crippen molar-refractivity contribution in [3.05, 3.63) is 52.6 Å². The summed E-state index contributed by atoms with van der Waals surface area (Å²) in [4.78, 5) is 20.1. The predicted octanol–water partition coefficient (Wildman–Crippen LogP) is 4.26. The Morgan fingerprint density at radius 1 is 1.21 bits per heavy atom. The number of rotatable bonds is 7. The molecule has 5 nitrogen and oxygen atoms in total. The molecule has 0 radical (unpaired) electrons. The average Bonchev–Trinajstić information content (AvgIpc) is 2.67. The molecule has 7 heteroatoms. The fourth-order valence-electron chi connectivity index (χ4n) is 3.15. The van der Waals surface area contributed by atoms with Crippen LogP contribution in [0.25, 0.3) is 0 Å².